The number of halogens is 5. The summed E-state index contributed by atoms with van der Waals surface area (Å²) in [5, 5.41) is 2.23. The highest BCUT2D eigenvalue weighted by Crippen LogP contribution is 2.24. The van der Waals surface area contributed by atoms with Crippen LogP contribution in [0.5, 0.6) is 0 Å². The molecule has 2 aromatic carbocycles. The van der Waals surface area contributed by atoms with Crippen molar-refractivity contribution in [1.82, 2.24) is 9.97 Å². The molecule has 0 spiro atoms. The molecule has 2 nitrogen and oxygen atoms in total. The standard InChI is InChI=1S/C10H6Br2FN.C10H7BrFN/c11-5-9-7(12)4-6-2-1-3-8(13)10(6)14-9;1-6-8(11)5-7-3-2-4-9(12)10(7)13-6/h1-4H,5H2;2-5H,1H3. The van der Waals surface area contributed by atoms with Crippen molar-refractivity contribution >= 4 is 69.6 Å². The van der Waals surface area contributed by atoms with Crippen molar-refractivity contribution < 1.29 is 8.78 Å². The number of benzene rings is 2. The first kappa shape index (κ1) is 20.3. The maximum Gasteiger partial charge on any atom is 0.149 e. The summed E-state index contributed by atoms with van der Waals surface area (Å²) in [5.74, 6) is -0.551. The Hall–Kier alpha value is -1.44. The molecular formula is C20H13Br3F2N2. The summed E-state index contributed by atoms with van der Waals surface area (Å²) in [6.45, 7) is 1.84. The van der Waals surface area contributed by atoms with Crippen molar-refractivity contribution in [3.8, 4) is 0 Å². The second kappa shape index (κ2) is 8.71. The molecule has 0 bridgehead atoms. The van der Waals surface area contributed by atoms with E-state index in [1.807, 2.05) is 31.2 Å². The Kier molecular flexibility index (Phi) is 6.55. The number of alkyl halides is 1. The first-order chi connectivity index (χ1) is 12.9. The smallest absolute Gasteiger partial charge is 0.149 e. The summed E-state index contributed by atoms with van der Waals surface area (Å²) in [6.07, 6.45) is 0. The van der Waals surface area contributed by atoms with Gasteiger partial charge in [-0.15, -0.1) is 0 Å². The highest BCUT2D eigenvalue weighted by molar-refractivity contribution is 9.11. The van der Waals surface area contributed by atoms with Crippen molar-refractivity contribution in [2.45, 2.75) is 12.3 Å². The highest BCUT2D eigenvalue weighted by atomic mass is 79.9. The van der Waals surface area contributed by atoms with E-state index >= 15 is 0 Å². The Bertz CT molecular complexity index is 1130. The Balaban J connectivity index is 0.000000156. The SMILES string of the molecule is Cc1nc2c(F)cccc2cc1Br.Fc1cccc2cc(Br)c(CBr)nc12. The Labute approximate surface area is 180 Å². The van der Waals surface area contributed by atoms with Gasteiger partial charge < -0.3 is 0 Å². The van der Waals surface area contributed by atoms with E-state index in [-0.39, 0.29) is 11.6 Å². The third kappa shape index (κ3) is 4.52. The van der Waals surface area contributed by atoms with E-state index < -0.39 is 0 Å². The normalized spacial score (nSPS) is 10.7. The van der Waals surface area contributed by atoms with Crippen LogP contribution in [0.3, 0.4) is 0 Å². The van der Waals surface area contributed by atoms with Gasteiger partial charge >= 0.3 is 0 Å². The van der Waals surface area contributed by atoms with Crippen LogP contribution in [0.1, 0.15) is 11.4 Å². The number of pyridine rings is 2. The van der Waals surface area contributed by atoms with Crippen molar-refractivity contribution in [3.63, 3.8) is 0 Å². The Morgan fingerprint density at radius 3 is 1.89 bits per heavy atom. The van der Waals surface area contributed by atoms with Gasteiger partial charge in [-0.1, -0.05) is 40.2 Å². The first-order valence-electron chi connectivity index (χ1n) is 7.91. The van der Waals surface area contributed by atoms with E-state index in [2.05, 4.69) is 57.8 Å². The fraction of sp³-hybridized carbons (Fsp3) is 0.100. The molecule has 27 heavy (non-hydrogen) atoms. The summed E-state index contributed by atoms with van der Waals surface area (Å²) in [5.41, 5.74) is 2.47. The summed E-state index contributed by atoms with van der Waals surface area (Å²) in [6, 6.07) is 13.6. The molecule has 0 aliphatic heterocycles. The molecule has 0 amide bonds. The number of hydrogen-bond acceptors (Lipinski definition) is 2. The molecule has 0 unspecified atom stereocenters. The minimum Gasteiger partial charge on any atom is -0.249 e. The van der Waals surface area contributed by atoms with Crippen molar-refractivity contribution in [2.24, 2.45) is 0 Å². The van der Waals surface area contributed by atoms with Gasteiger partial charge in [-0.05, 0) is 63.0 Å². The van der Waals surface area contributed by atoms with Crippen LogP contribution in [0.15, 0.2) is 57.5 Å². The molecular weight excluding hydrogens is 546 g/mol. The van der Waals surface area contributed by atoms with Gasteiger partial charge in [0.15, 0.2) is 0 Å². The molecule has 0 aliphatic carbocycles. The largest absolute Gasteiger partial charge is 0.249 e. The fourth-order valence-corrected chi connectivity index (χ4v) is 4.11. The van der Waals surface area contributed by atoms with Crippen molar-refractivity contribution in [3.05, 3.63) is 80.5 Å². The van der Waals surface area contributed by atoms with Crippen LogP contribution >= 0.6 is 47.8 Å². The average Bonchev–Trinajstić information content (AvgIpc) is 2.64. The summed E-state index contributed by atoms with van der Waals surface area (Å²) in [4.78, 5) is 8.38. The summed E-state index contributed by atoms with van der Waals surface area (Å²) in [7, 11) is 0. The fourth-order valence-electron chi connectivity index (χ4n) is 2.50. The molecule has 0 N–H and O–H groups in total. The first-order valence-corrected chi connectivity index (χ1v) is 10.6. The van der Waals surface area contributed by atoms with Crippen LogP contribution in [-0.4, -0.2) is 9.97 Å². The Morgan fingerprint density at radius 2 is 1.33 bits per heavy atom. The minimum atomic E-state index is -0.280. The number of para-hydroxylation sites is 2. The molecule has 0 saturated heterocycles. The molecule has 4 rings (SSSR count). The van der Waals surface area contributed by atoms with Crippen molar-refractivity contribution in [1.29, 1.82) is 0 Å². The van der Waals surface area contributed by atoms with Gasteiger partial charge in [0.2, 0.25) is 0 Å². The van der Waals surface area contributed by atoms with Gasteiger partial charge in [-0.25, -0.2) is 18.7 Å². The number of rotatable bonds is 1. The lowest BCUT2D eigenvalue weighted by Crippen LogP contribution is -1.91. The molecule has 7 heteroatoms. The van der Waals surface area contributed by atoms with Crippen LogP contribution in [0, 0.1) is 18.6 Å². The van der Waals surface area contributed by atoms with Gasteiger partial charge in [-0.3, -0.25) is 0 Å². The molecule has 0 saturated carbocycles. The highest BCUT2D eigenvalue weighted by Gasteiger charge is 2.06. The van der Waals surface area contributed by atoms with Gasteiger partial charge in [-0.2, -0.15) is 0 Å². The maximum absolute atomic E-state index is 13.3. The van der Waals surface area contributed by atoms with Crippen LogP contribution in [0.2, 0.25) is 0 Å². The monoisotopic (exact) mass is 556 g/mol. The van der Waals surface area contributed by atoms with E-state index in [0.29, 0.717) is 16.4 Å². The predicted octanol–water partition coefficient (Wildman–Crippen LogP) is 7.48. The Morgan fingerprint density at radius 1 is 0.815 bits per heavy atom. The quantitative estimate of drug-likeness (QED) is 0.226. The molecule has 0 radical (unpaired) electrons. The summed E-state index contributed by atoms with van der Waals surface area (Å²) < 4.78 is 28.4. The number of nitrogens with zero attached hydrogens (tertiary/aromatic N) is 2. The maximum atomic E-state index is 13.3. The van der Waals surface area contributed by atoms with Gasteiger partial charge in [0, 0.05) is 25.0 Å². The second-order valence-electron chi connectivity index (χ2n) is 5.73. The van der Waals surface area contributed by atoms with Gasteiger partial charge in [0.1, 0.15) is 22.7 Å². The lowest BCUT2D eigenvalue weighted by atomic mass is 10.2. The lowest BCUT2D eigenvalue weighted by Gasteiger charge is -2.03. The van der Waals surface area contributed by atoms with Crippen LogP contribution < -0.4 is 0 Å². The molecule has 4 aromatic rings. The molecule has 2 aromatic heterocycles. The zero-order valence-electron chi connectivity index (χ0n) is 14.1. The minimum absolute atomic E-state index is 0.270. The molecule has 2 heterocycles. The third-order valence-corrected chi connectivity index (χ3v) is 5.90. The molecule has 0 fully saturated rings. The van der Waals surface area contributed by atoms with Crippen molar-refractivity contribution in [2.75, 3.05) is 0 Å². The number of aryl methyl sites for hydroxylation is 1. The van der Waals surface area contributed by atoms with E-state index in [1.54, 1.807) is 12.1 Å². The lowest BCUT2D eigenvalue weighted by molar-refractivity contribution is 0.636. The predicted molar refractivity (Wildman–Crippen MR) is 116 cm³/mol. The number of hydrogen-bond donors (Lipinski definition) is 0. The molecule has 0 aliphatic rings. The van der Waals surface area contributed by atoms with E-state index in [4.69, 9.17) is 0 Å². The molecule has 138 valence electrons. The zero-order chi connectivity index (χ0) is 19.6. The van der Waals surface area contributed by atoms with Gasteiger partial charge in [0.05, 0.1) is 11.4 Å². The van der Waals surface area contributed by atoms with E-state index in [1.165, 1.54) is 12.1 Å². The summed E-state index contributed by atoms with van der Waals surface area (Å²) >= 11 is 10.0. The van der Waals surface area contributed by atoms with Gasteiger partial charge in [0.25, 0.3) is 0 Å². The third-order valence-electron chi connectivity index (χ3n) is 3.87. The number of aromatic nitrogens is 2. The van der Waals surface area contributed by atoms with Crippen LogP contribution in [0.25, 0.3) is 21.8 Å². The topological polar surface area (TPSA) is 25.8 Å². The second-order valence-corrected chi connectivity index (χ2v) is 8.00. The van der Waals surface area contributed by atoms with Crippen LogP contribution in [-0.2, 0) is 5.33 Å². The number of fused-ring (bicyclic) bond motifs is 2. The average molecular weight is 559 g/mol. The van der Waals surface area contributed by atoms with Crippen LogP contribution in [0.4, 0.5) is 8.78 Å². The van der Waals surface area contributed by atoms with E-state index in [0.717, 1.165) is 31.1 Å². The molecule has 0 atom stereocenters. The zero-order valence-corrected chi connectivity index (χ0v) is 18.9. The van der Waals surface area contributed by atoms with E-state index in [9.17, 15) is 8.78 Å².